The van der Waals surface area contributed by atoms with Gasteiger partial charge in [-0.1, -0.05) is 71.9 Å². The van der Waals surface area contributed by atoms with Crippen molar-refractivity contribution in [1.29, 1.82) is 0 Å². The number of hydrogen-bond donors (Lipinski definition) is 1. The Morgan fingerprint density at radius 1 is 1.00 bits per heavy atom. The Kier molecular flexibility index (Phi) is 6.42. The van der Waals surface area contributed by atoms with E-state index in [-0.39, 0.29) is 5.41 Å². The van der Waals surface area contributed by atoms with Crippen LogP contribution in [-0.4, -0.2) is 31.6 Å². The van der Waals surface area contributed by atoms with Gasteiger partial charge in [-0.2, -0.15) is 0 Å². The first-order chi connectivity index (χ1) is 9.65. The van der Waals surface area contributed by atoms with Crippen LogP contribution in [-0.2, 0) is 0 Å². The molecule has 1 aromatic carbocycles. The van der Waals surface area contributed by atoms with Crippen molar-refractivity contribution < 1.29 is 0 Å². The lowest BCUT2D eigenvalue weighted by Gasteiger charge is -2.40. The van der Waals surface area contributed by atoms with Crippen LogP contribution < -0.4 is 5.32 Å². The van der Waals surface area contributed by atoms with E-state index < -0.39 is 0 Å². The highest BCUT2D eigenvalue weighted by Gasteiger charge is 2.32. The van der Waals surface area contributed by atoms with E-state index >= 15 is 0 Å². The number of hydrogen-bond acceptors (Lipinski definition) is 2. The third-order valence-corrected chi connectivity index (χ3v) is 3.74. The molecule has 0 bridgehead atoms. The average molecular weight is 290 g/mol. The fourth-order valence-electron chi connectivity index (χ4n) is 3.35. The zero-order chi connectivity index (χ0) is 16.1. The number of nitrogens with one attached hydrogen (secondary N) is 1. The lowest BCUT2D eigenvalue weighted by Crippen LogP contribution is -2.43. The second-order valence-corrected chi connectivity index (χ2v) is 8.12. The molecule has 0 aliphatic rings. The maximum atomic E-state index is 3.68. The molecule has 1 rings (SSSR count). The van der Waals surface area contributed by atoms with Crippen molar-refractivity contribution >= 4 is 0 Å². The summed E-state index contributed by atoms with van der Waals surface area (Å²) in [7, 11) is 2.24. The monoisotopic (exact) mass is 290 g/mol. The van der Waals surface area contributed by atoms with Gasteiger partial charge in [-0.3, -0.25) is 0 Å². The molecular formula is C19H34N2. The molecule has 0 spiro atoms. The molecule has 2 nitrogen and oxygen atoms in total. The predicted molar refractivity (Wildman–Crippen MR) is 93.6 cm³/mol. The molecule has 0 saturated heterocycles. The summed E-state index contributed by atoms with van der Waals surface area (Å²) in [5.74, 6) is 0. The molecule has 1 unspecified atom stereocenters. The third-order valence-electron chi connectivity index (χ3n) is 3.74. The molecule has 1 aromatic rings. The van der Waals surface area contributed by atoms with Crippen LogP contribution in [0.15, 0.2) is 30.3 Å². The Balaban J connectivity index is 2.85. The topological polar surface area (TPSA) is 15.3 Å². The average Bonchev–Trinajstić information content (AvgIpc) is 2.33. The van der Waals surface area contributed by atoms with Crippen LogP contribution in [0.2, 0.25) is 0 Å². The predicted octanol–water partition coefficient (Wildman–Crippen LogP) is 4.34. The van der Waals surface area contributed by atoms with Gasteiger partial charge in [0, 0.05) is 19.1 Å². The van der Waals surface area contributed by atoms with Crippen LogP contribution in [0.5, 0.6) is 0 Å². The van der Waals surface area contributed by atoms with E-state index in [4.69, 9.17) is 0 Å². The minimum absolute atomic E-state index is 0.178. The smallest absolute Gasteiger partial charge is 0.0384 e. The molecule has 1 atom stereocenters. The van der Waals surface area contributed by atoms with Gasteiger partial charge in [0.15, 0.2) is 0 Å². The molecule has 0 heterocycles. The zero-order valence-electron chi connectivity index (χ0n) is 15.0. The first kappa shape index (κ1) is 18.2. The van der Waals surface area contributed by atoms with Gasteiger partial charge in [0.25, 0.3) is 0 Å². The number of benzene rings is 1. The molecular weight excluding hydrogens is 256 g/mol. The summed E-state index contributed by atoms with van der Waals surface area (Å²) in [6, 6.07) is 11.2. The standard InChI is InChI=1S/C19H34N2/c1-8-20-17(16-12-10-9-11-13-16)19(5,6)15-21(7)14-18(2,3)4/h9-13,17,20H,8,14-15H2,1-7H3. The summed E-state index contributed by atoms with van der Waals surface area (Å²) in [6.45, 7) is 17.0. The summed E-state index contributed by atoms with van der Waals surface area (Å²) < 4.78 is 0. The molecule has 0 radical (unpaired) electrons. The largest absolute Gasteiger partial charge is 0.310 e. The Morgan fingerprint density at radius 3 is 2.05 bits per heavy atom. The molecule has 1 N–H and O–H groups in total. The van der Waals surface area contributed by atoms with Gasteiger partial charge >= 0.3 is 0 Å². The van der Waals surface area contributed by atoms with Gasteiger partial charge in [0.05, 0.1) is 0 Å². The SMILES string of the molecule is CCNC(c1ccccc1)C(C)(C)CN(C)CC(C)(C)C. The van der Waals surface area contributed by atoms with E-state index in [0.29, 0.717) is 11.5 Å². The fraction of sp³-hybridized carbons (Fsp3) is 0.684. The van der Waals surface area contributed by atoms with E-state index in [1.54, 1.807) is 0 Å². The van der Waals surface area contributed by atoms with Gasteiger partial charge in [0.1, 0.15) is 0 Å². The molecule has 0 amide bonds. The van der Waals surface area contributed by atoms with Crippen LogP contribution in [0.1, 0.15) is 53.1 Å². The van der Waals surface area contributed by atoms with E-state index in [1.807, 2.05) is 0 Å². The second-order valence-electron chi connectivity index (χ2n) is 8.12. The molecule has 120 valence electrons. The Hall–Kier alpha value is -0.860. The highest BCUT2D eigenvalue weighted by molar-refractivity contribution is 5.21. The second kappa shape index (κ2) is 7.42. The first-order valence-electron chi connectivity index (χ1n) is 8.12. The van der Waals surface area contributed by atoms with Gasteiger partial charge < -0.3 is 10.2 Å². The van der Waals surface area contributed by atoms with Gasteiger partial charge in [-0.05, 0) is 30.0 Å². The van der Waals surface area contributed by atoms with Crippen molar-refractivity contribution in [3.63, 3.8) is 0 Å². The van der Waals surface area contributed by atoms with Crippen LogP contribution in [0, 0.1) is 10.8 Å². The lowest BCUT2D eigenvalue weighted by atomic mass is 9.79. The van der Waals surface area contributed by atoms with Crippen molar-refractivity contribution in [1.82, 2.24) is 10.2 Å². The van der Waals surface area contributed by atoms with E-state index in [0.717, 1.165) is 19.6 Å². The Labute approximate surface area is 131 Å². The third kappa shape index (κ3) is 6.19. The number of rotatable bonds is 7. The van der Waals surface area contributed by atoms with Crippen LogP contribution in [0.25, 0.3) is 0 Å². The first-order valence-corrected chi connectivity index (χ1v) is 8.12. The molecule has 2 heteroatoms. The minimum atomic E-state index is 0.178. The number of nitrogens with zero attached hydrogens (tertiary/aromatic N) is 1. The normalized spacial score (nSPS) is 14.5. The van der Waals surface area contributed by atoms with Crippen molar-refractivity contribution in [3.8, 4) is 0 Å². The van der Waals surface area contributed by atoms with Crippen LogP contribution >= 0.6 is 0 Å². The Morgan fingerprint density at radius 2 is 1.57 bits per heavy atom. The fourth-order valence-corrected chi connectivity index (χ4v) is 3.35. The molecule has 0 saturated carbocycles. The van der Waals surface area contributed by atoms with Gasteiger partial charge in [-0.15, -0.1) is 0 Å². The summed E-state index contributed by atoms with van der Waals surface area (Å²) in [6.07, 6.45) is 0. The molecule has 0 aromatic heterocycles. The lowest BCUT2D eigenvalue weighted by molar-refractivity contribution is 0.128. The zero-order valence-corrected chi connectivity index (χ0v) is 15.0. The van der Waals surface area contributed by atoms with Crippen molar-refractivity contribution in [3.05, 3.63) is 35.9 Å². The highest BCUT2D eigenvalue weighted by Crippen LogP contribution is 2.34. The summed E-state index contributed by atoms with van der Waals surface area (Å²) in [5.41, 5.74) is 1.90. The van der Waals surface area contributed by atoms with E-state index in [1.165, 1.54) is 5.56 Å². The molecule has 0 fully saturated rings. The highest BCUT2D eigenvalue weighted by atomic mass is 15.1. The molecule has 0 aliphatic heterocycles. The summed E-state index contributed by atoms with van der Waals surface area (Å²) in [5, 5.41) is 3.68. The van der Waals surface area contributed by atoms with E-state index in [2.05, 4.69) is 89.1 Å². The molecule has 0 aliphatic carbocycles. The maximum absolute atomic E-state index is 3.68. The summed E-state index contributed by atoms with van der Waals surface area (Å²) in [4.78, 5) is 2.47. The van der Waals surface area contributed by atoms with Crippen LogP contribution in [0.4, 0.5) is 0 Å². The summed E-state index contributed by atoms with van der Waals surface area (Å²) >= 11 is 0. The Bertz CT molecular complexity index is 403. The van der Waals surface area contributed by atoms with Gasteiger partial charge in [-0.25, -0.2) is 0 Å². The van der Waals surface area contributed by atoms with E-state index in [9.17, 15) is 0 Å². The molecule has 21 heavy (non-hydrogen) atoms. The maximum Gasteiger partial charge on any atom is 0.0384 e. The minimum Gasteiger partial charge on any atom is -0.310 e. The quantitative estimate of drug-likeness (QED) is 0.803. The van der Waals surface area contributed by atoms with Crippen molar-refractivity contribution in [2.24, 2.45) is 10.8 Å². The van der Waals surface area contributed by atoms with Crippen molar-refractivity contribution in [2.75, 3.05) is 26.7 Å². The van der Waals surface area contributed by atoms with Crippen molar-refractivity contribution in [2.45, 2.75) is 47.6 Å². The van der Waals surface area contributed by atoms with Gasteiger partial charge in [0.2, 0.25) is 0 Å². The van der Waals surface area contributed by atoms with Crippen LogP contribution in [0.3, 0.4) is 0 Å².